The van der Waals surface area contributed by atoms with Gasteiger partial charge in [-0.3, -0.25) is 14.6 Å². The molecule has 120 valence electrons. The first-order valence-electron chi connectivity index (χ1n) is 8.27. The van der Waals surface area contributed by atoms with E-state index < -0.39 is 0 Å². The molecule has 0 bridgehead atoms. The van der Waals surface area contributed by atoms with Gasteiger partial charge in [-0.1, -0.05) is 18.9 Å². The Bertz CT molecular complexity index is 484. The minimum atomic E-state index is 0.199. The van der Waals surface area contributed by atoms with Gasteiger partial charge in [-0.25, -0.2) is 4.98 Å². The fourth-order valence-corrected chi connectivity index (χ4v) is 4.76. The number of hydrogen-bond donors (Lipinski definition) is 0. The minimum absolute atomic E-state index is 0.199. The number of carbonyl (C=O) groups is 1. The topological polar surface area (TPSA) is 36.4 Å². The molecule has 0 radical (unpaired) electrons. The highest BCUT2D eigenvalue weighted by atomic mass is 32.2. The molecule has 1 aliphatic carbocycles. The predicted molar refractivity (Wildman–Crippen MR) is 92.3 cm³/mol. The van der Waals surface area contributed by atoms with E-state index in [2.05, 4.69) is 16.9 Å². The number of aromatic nitrogens is 1. The molecule has 0 unspecified atom stereocenters. The Balaban J connectivity index is 1.71. The molecule has 1 aromatic heterocycles. The average Bonchev–Trinajstić information content (AvgIpc) is 3.22. The van der Waals surface area contributed by atoms with E-state index in [1.54, 1.807) is 6.20 Å². The molecule has 0 aromatic carbocycles. The largest absolute Gasteiger partial charge is 0.294 e. The summed E-state index contributed by atoms with van der Waals surface area (Å²) < 4.78 is 0. The maximum Gasteiger partial charge on any atom is 0.242 e. The first kappa shape index (κ1) is 15.8. The number of rotatable bonds is 5. The van der Waals surface area contributed by atoms with Crippen molar-refractivity contribution in [3.05, 3.63) is 24.4 Å². The molecule has 3 rings (SSSR count). The van der Waals surface area contributed by atoms with Gasteiger partial charge >= 0.3 is 0 Å². The summed E-state index contributed by atoms with van der Waals surface area (Å²) in [6.45, 7) is 0.498. The summed E-state index contributed by atoms with van der Waals surface area (Å²) in [6, 6.07) is 6.70. The SMILES string of the molecule is CN(CC(=O)N(c1ccccn1)C1CCCC1)[C@@H]1CCSC1. The Labute approximate surface area is 137 Å². The van der Waals surface area contributed by atoms with Crippen LogP contribution in [-0.4, -0.2) is 53.0 Å². The summed E-state index contributed by atoms with van der Waals surface area (Å²) in [5, 5.41) is 0. The molecule has 0 spiro atoms. The molecule has 1 saturated carbocycles. The Morgan fingerprint density at radius 2 is 2.09 bits per heavy atom. The van der Waals surface area contributed by atoms with Crippen LogP contribution in [0.1, 0.15) is 32.1 Å². The van der Waals surface area contributed by atoms with E-state index in [1.807, 2.05) is 34.9 Å². The monoisotopic (exact) mass is 319 g/mol. The molecule has 22 heavy (non-hydrogen) atoms. The van der Waals surface area contributed by atoms with Crippen LogP contribution in [0.4, 0.5) is 5.82 Å². The molecule has 1 aromatic rings. The number of pyridine rings is 1. The van der Waals surface area contributed by atoms with Crippen LogP contribution in [0.2, 0.25) is 0 Å². The number of nitrogens with zero attached hydrogens (tertiary/aromatic N) is 3. The number of anilines is 1. The Morgan fingerprint density at radius 1 is 1.27 bits per heavy atom. The zero-order chi connectivity index (χ0) is 15.4. The summed E-state index contributed by atoms with van der Waals surface area (Å²) in [4.78, 5) is 21.6. The molecular weight excluding hydrogens is 294 g/mol. The Kier molecular flexibility index (Phi) is 5.37. The molecule has 1 amide bonds. The van der Waals surface area contributed by atoms with Crippen molar-refractivity contribution in [3.63, 3.8) is 0 Å². The van der Waals surface area contributed by atoms with Crippen molar-refractivity contribution in [3.8, 4) is 0 Å². The third-order valence-electron chi connectivity index (χ3n) is 4.77. The van der Waals surface area contributed by atoms with Gasteiger partial charge in [-0.05, 0) is 44.2 Å². The number of amides is 1. The summed E-state index contributed by atoms with van der Waals surface area (Å²) in [5.41, 5.74) is 0. The van der Waals surface area contributed by atoms with E-state index in [1.165, 1.54) is 25.0 Å². The molecule has 4 nitrogen and oxygen atoms in total. The van der Waals surface area contributed by atoms with Gasteiger partial charge in [0.15, 0.2) is 0 Å². The van der Waals surface area contributed by atoms with Gasteiger partial charge in [0, 0.05) is 24.0 Å². The minimum Gasteiger partial charge on any atom is -0.294 e. The second kappa shape index (κ2) is 7.47. The standard InChI is InChI=1S/C17H25N3OS/c1-19(15-9-11-22-13-15)12-17(21)20(14-6-2-3-7-14)16-8-4-5-10-18-16/h4-5,8,10,14-15H,2-3,6-7,9,11-13H2,1H3/t15-/m1/s1. The van der Waals surface area contributed by atoms with E-state index in [-0.39, 0.29) is 5.91 Å². The summed E-state index contributed by atoms with van der Waals surface area (Å²) in [6.07, 6.45) is 7.62. The van der Waals surface area contributed by atoms with Crippen LogP contribution in [0.3, 0.4) is 0 Å². The predicted octanol–water partition coefficient (Wildman–Crippen LogP) is 2.79. The molecule has 2 aliphatic rings. The smallest absolute Gasteiger partial charge is 0.242 e. The van der Waals surface area contributed by atoms with Crippen molar-refractivity contribution >= 4 is 23.5 Å². The fourth-order valence-electron chi connectivity index (χ4n) is 3.47. The molecule has 1 aliphatic heterocycles. The van der Waals surface area contributed by atoms with Gasteiger partial charge in [-0.15, -0.1) is 0 Å². The normalized spacial score (nSPS) is 22.4. The van der Waals surface area contributed by atoms with Crippen LogP contribution in [0.15, 0.2) is 24.4 Å². The van der Waals surface area contributed by atoms with Crippen molar-refractivity contribution in [1.82, 2.24) is 9.88 Å². The quantitative estimate of drug-likeness (QED) is 0.836. The van der Waals surface area contributed by atoms with Crippen LogP contribution in [-0.2, 0) is 4.79 Å². The zero-order valence-electron chi connectivity index (χ0n) is 13.3. The molecule has 5 heteroatoms. The second-order valence-corrected chi connectivity index (χ2v) is 7.47. The van der Waals surface area contributed by atoms with Crippen molar-refractivity contribution in [2.45, 2.75) is 44.2 Å². The first-order valence-corrected chi connectivity index (χ1v) is 9.42. The van der Waals surface area contributed by atoms with Gasteiger partial charge in [-0.2, -0.15) is 11.8 Å². The van der Waals surface area contributed by atoms with E-state index in [0.29, 0.717) is 18.6 Å². The molecular formula is C17H25N3OS. The number of thioether (sulfide) groups is 1. The highest BCUT2D eigenvalue weighted by Gasteiger charge is 2.30. The van der Waals surface area contributed by atoms with Crippen LogP contribution >= 0.6 is 11.8 Å². The third-order valence-corrected chi connectivity index (χ3v) is 5.91. The second-order valence-electron chi connectivity index (χ2n) is 6.32. The number of likely N-dealkylation sites (N-methyl/N-ethyl adjacent to an activating group) is 1. The fraction of sp³-hybridized carbons (Fsp3) is 0.647. The van der Waals surface area contributed by atoms with E-state index in [4.69, 9.17) is 0 Å². The van der Waals surface area contributed by atoms with Crippen molar-refractivity contribution < 1.29 is 4.79 Å². The summed E-state index contributed by atoms with van der Waals surface area (Å²) in [7, 11) is 2.08. The van der Waals surface area contributed by atoms with E-state index >= 15 is 0 Å². The van der Waals surface area contributed by atoms with Crippen molar-refractivity contribution in [1.29, 1.82) is 0 Å². The average molecular weight is 319 g/mol. The van der Waals surface area contributed by atoms with Gasteiger partial charge in [0.25, 0.3) is 0 Å². The number of hydrogen-bond acceptors (Lipinski definition) is 4. The lowest BCUT2D eigenvalue weighted by Crippen LogP contribution is -2.47. The van der Waals surface area contributed by atoms with E-state index in [9.17, 15) is 4.79 Å². The van der Waals surface area contributed by atoms with Crippen LogP contribution in [0, 0.1) is 0 Å². The van der Waals surface area contributed by atoms with Crippen LogP contribution in [0.5, 0.6) is 0 Å². The van der Waals surface area contributed by atoms with Gasteiger partial charge in [0.2, 0.25) is 5.91 Å². The Hall–Kier alpha value is -1.07. The van der Waals surface area contributed by atoms with Gasteiger partial charge in [0.1, 0.15) is 5.82 Å². The lowest BCUT2D eigenvalue weighted by atomic mass is 10.2. The van der Waals surface area contributed by atoms with Gasteiger partial charge < -0.3 is 0 Å². The third kappa shape index (κ3) is 3.63. The molecule has 2 fully saturated rings. The summed E-state index contributed by atoms with van der Waals surface area (Å²) in [5.74, 6) is 3.38. The highest BCUT2D eigenvalue weighted by molar-refractivity contribution is 7.99. The molecule has 1 saturated heterocycles. The molecule has 0 N–H and O–H groups in total. The number of carbonyl (C=O) groups excluding carboxylic acids is 1. The van der Waals surface area contributed by atoms with Crippen molar-refractivity contribution in [2.24, 2.45) is 0 Å². The van der Waals surface area contributed by atoms with E-state index in [0.717, 1.165) is 24.4 Å². The van der Waals surface area contributed by atoms with Crippen LogP contribution < -0.4 is 4.90 Å². The maximum absolute atomic E-state index is 12.9. The molecule has 2 heterocycles. The first-order chi connectivity index (χ1) is 10.8. The lowest BCUT2D eigenvalue weighted by molar-refractivity contribution is -0.120. The molecule has 1 atom stereocenters. The Morgan fingerprint density at radius 3 is 2.73 bits per heavy atom. The maximum atomic E-state index is 12.9. The zero-order valence-corrected chi connectivity index (χ0v) is 14.1. The van der Waals surface area contributed by atoms with Crippen LogP contribution in [0.25, 0.3) is 0 Å². The van der Waals surface area contributed by atoms with Crippen molar-refractivity contribution in [2.75, 3.05) is 30.0 Å². The highest BCUT2D eigenvalue weighted by Crippen LogP contribution is 2.28. The lowest BCUT2D eigenvalue weighted by Gasteiger charge is -2.31. The van der Waals surface area contributed by atoms with Gasteiger partial charge in [0.05, 0.1) is 6.54 Å². The summed E-state index contributed by atoms with van der Waals surface area (Å²) >= 11 is 1.99.